The molecule has 3 saturated heterocycles. The van der Waals surface area contributed by atoms with E-state index in [0.29, 0.717) is 54.4 Å². The minimum atomic E-state index is -0.798. The second-order valence-corrected chi connectivity index (χ2v) is 14.1. The maximum Gasteiger partial charge on any atom is 0.408 e. The highest BCUT2D eigenvalue weighted by molar-refractivity contribution is 5.87. The van der Waals surface area contributed by atoms with Gasteiger partial charge >= 0.3 is 6.09 Å². The molecule has 5 aromatic rings. The summed E-state index contributed by atoms with van der Waals surface area (Å²) in [5.74, 6) is 1.86. The summed E-state index contributed by atoms with van der Waals surface area (Å²) in [5, 5.41) is 27.9. The molecule has 54 heavy (non-hydrogen) atoms. The van der Waals surface area contributed by atoms with E-state index >= 15 is 0 Å². The fourth-order valence-electron chi connectivity index (χ4n) is 7.45. The zero-order valence-electron chi connectivity index (χ0n) is 30.3. The molecule has 11 heteroatoms. The van der Waals surface area contributed by atoms with Crippen LogP contribution in [0.3, 0.4) is 0 Å². The van der Waals surface area contributed by atoms with Gasteiger partial charge in [0.2, 0.25) is 5.56 Å². The number of nitrogens with zero attached hydrogens (tertiary/aromatic N) is 1. The molecule has 4 aromatic carbocycles. The van der Waals surface area contributed by atoms with Gasteiger partial charge in [-0.05, 0) is 110 Å². The third kappa shape index (κ3) is 9.40. The molecule has 0 aliphatic carbocycles. The van der Waals surface area contributed by atoms with Gasteiger partial charge in [0.1, 0.15) is 30.0 Å². The summed E-state index contributed by atoms with van der Waals surface area (Å²) < 4.78 is 18.2. The van der Waals surface area contributed by atoms with Crippen molar-refractivity contribution in [3.8, 4) is 17.2 Å². The number of aromatic nitrogens is 1. The number of hydrogen-bond acceptors (Lipinski definition) is 9. The van der Waals surface area contributed by atoms with E-state index in [9.17, 15) is 19.8 Å². The largest absolute Gasteiger partial charge is 0.506 e. The number of aromatic amines is 1. The van der Waals surface area contributed by atoms with Gasteiger partial charge in [0.05, 0.1) is 24.3 Å². The van der Waals surface area contributed by atoms with Gasteiger partial charge in [-0.15, -0.1) is 0 Å². The Hall–Kier alpha value is -5.36. The number of phenols is 1. The van der Waals surface area contributed by atoms with Crippen LogP contribution in [0.1, 0.15) is 60.1 Å². The molecule has 282 valence electrons. The van der Waals surface area contributed by atoms with E-state index < -0.39 is 18.2 Å². The van der Waals surface area contributed by atoms with Gasteiger partial charge in [0.15, 0.2) is 0 Å². The minimum absolute atomic E-state index is 0.0315. The predicted octanol–water partition coefficient (Wildman–Crippen LogP) is 6.20. The van der Waals surface area contributed by atoms with E-state index in [1.54, 1.807) is 12.1 Å². The van der Waals surface area contributed by atoms with Gasteiger partial charge in [0, 0.05) is 24.5 Å². The maximum atomic E-state index is 13.2. The summed E-state index contributed by atoms with van der Waals surface area (Å²) in [7, 11) is 0. The van der Waals surface area contributed by atoms with Crippen molar-refractivity contribution in [1.29, 1.82) is 0 Å². The lowest BCUT2D eigenvalue weighted by atomic mass is 9.86. The van der Waals surface area contributed by atoms with Gasteiger partial charge in [-0.2, -0.15) is 0 Å². The van der Waals surface area contributed by atoms with Crippen molar-refractivity contribution in [1.82, 2.24) is 20.5 Å². The molecule has 3 fully saturated rings. The van der Waals surface area contributed by atoms with Crippen molar-refractivity contribution in [3.05, 3.63) is 136 Å². The van der Waals surface area contributed by atoms with Crippen molar-refractivity contribution < 1.29 is 29.2 Å². The van der Waals surface area contributed by atoms with Crippen LogP contribution >= 0.6 is 0 Å². The SMILES string of the molecule is O=C(NC(c1ccccc1)c1cccc(OCc2cccc(OCCCCNC[C@H](O)c3ccc(O)c4[nH]c(=O)ccc34)c2)c1)O[C@H]1CN2CCC1CC2. The molecule has 1 amide bonds. The lowest BCUT2D eigenvalue weighted by Crippen LogP contribution is -2.52. The van der Waals surface area contributed by atoms with E-state index in [0.717, 1.165) is 67.8 Å². The van der Waals surface area contributed by atoms with Crippen molar-refractivity contribution in [2.45, 2.75) is 50.5 Å². The molecule has 11 nitrogen and oxygen atoms in total. The Morgan fingerprint density at radius 2 is 1.65 bits per heavy atom. The second kappa shape index (κ2) is 17.6. The number of amides is 1. The number of unbranched alkanes of at least 4 members (excludes halogenated alkanes) is 1. The maximum absolute atomic E-state index is 13.2. The molecule has 0 radical (unpaired) electrons. The quantitative estimate of drug-likeness (QED) is 0.0749. The summed E-state index contributed by atoms with van der Waals surface area (Å²) in [6, 6.07) is 31.3. The van der Waals surface area contributed by atoms with Crippen molar-refractivity contribution >= 4 is 17.0 Å². The van der Waals surface area contributed by atoms with Crippen LogP contribution in [0.15, 0.2) is 108 Å². The number of pyridine rings is 1. The summed E-state index contributed by atoms with van der Waals surface area (Å²) in [4.78, 5) is 29.9. The van der Waals surface area contributed by atoms with E-state index in [2.05, 4.69) is 20.5 Å². The van der Waals surface area contributed by atoms with Gasteiger partial charge in [0.25, 0.3) is 0 Å². The lowest BCUT2D eigenvalue weighted by molar-refractivity contribution is -0.0336. The van der Waals surface area contributed by atoms with Gasteiger partial charge in [-0.25, -0.2) is 4.79 Å². The Kier molecular flexibility index (Phi) is 12.1. The Morgan fingerprint density at radius 1 is 0.870 bits per heavy atom. The molecule has 0 spiro atoms. The summed E-state index contributed by atoms with van der Waals surface area (Å²) >= 11 is 0. The van der Waals surface area contributed by atoms with E-state index in [1.165, 1.54) is 12.1 Å². The topological polar surface area (TPSA) is 145 Å². The van der Waals surface area contributed by atoms with Gasteiger partial charge < -0.3 is 40.0 Å². The van der Waals surface area contributed by atoms with Crippen LogP contribution in [0.5, 0.6) is 17.2 Å². The van der Waals surface area contributed by atoms with Crippen LogP contribution in [-0.4, -0.2) is 71.6 Å². The normalized spacial score (nSPS) is 18.9. The molecule has 5 N–H and O–H groups in total. The molecule has 2 bridgehead atoms. The van der Waals surface area contributed by atoms with E-state index in [-0.39, 0.29) is 17.4 Å². The minimum Gasteiger partial charge on any atom is -0.506 e. The first-order valence-corrected chi connectivity index (χ1v) is 18.8. The molecule has 3 aliphatic rings. The highest BCUT2D eigenvalue weighted by atomic mass is 16.6. The van der Waals surface area contributed by atoms with Crippen molar-refractivity contribution in [2.24, 2.45) is 5.92 Å². The number of aromatic hydroxyl groups is 1. The molecular formula is C43H48N4O7. The number of nitrogens with one attached hydrogen (secondary N) is 3. The summed E-state index contributed by atoms with van der Waals surface area (Å²) in [6.07, 6.45) is 2.56. The van der Waals surface area contributed by atoms with Crippen LogP contribution in [0.4, 0.5) is 4.79 Å². The number of carbonyl (C=O) groups excluding carboxylic acids is 1. The highest BCUT2D eigenvalue weighted by Gasteiger charge is 2.37. The predicted molar refractivity (Wildman–Crippen MR) is 207 cm³/mol. The lowest BCUT2D eigenvalue weighted by Gasteiger charge is -2.43. The number of benzene rings is 4. The fourth-order valence-corrected chi connectivity index (χ4v) is 7.45. The summed E-state index contributed by atoms with van der Waals surface area (Å²) in [6.45, 7) is 4.91. The Labute approximate surface area is 314 Å². The number of ether oxygens (including phenoxy) is 3. The van der Waals surface area contributed by atoms with Crippen LogP contribution in [0.25, 0.3) is 10.9 Å². The molecule has 1 aromatic heterocycles. The fraction of sp³-hybridized carbons (Fsp3) is 0.349. The third-order valence-corrected chi connectivity index (χ3v) is 10.4. The Balaban J connectivity index is 0.867. The van der Waals surface area contributed by atoms with Crippen molar-refractivity contribution in [3.63, 3.8) is 0 Å². The number of carbonyl (C=O) groups is 1. The number of aliphatic hydroxyl groups is 1. The smallest absolute Gasteiger partial charge is 0.408 e. The van der Waals surface area contributed by atoms with Crippen LogP contribution in [0.2, 0.25) is 0 Å². The number of hydrogen-bond donors (Lipinski definition) is 5. The third-order valence-electron chi connectivity index (χ3n) is 10.4. The standard InChI is InChI=1S/C43H48N4O7/c48-37-16-14-35(36-15-17-40(50)45-42(36)37)38(49)26-44-20-4-5-23-52-33-12-6-8-29(24-33)28-53-34-13-7-11-32(25-34)41(31-9-2-1-3-10-31)46-43(51)54-39-27-47-21-18-30(39)19-22-47/h1-3,6-17,24-25,30,38-39,41,44,48-49H,4-5,18-23,26-28H2,(H,45,50)(H,46,51)/t38-,39-,41?/m0/s1. The number of alkyl carbamates (subject to hydrolysis) is 1. The molecule has 1 unspecified atom stereocenters. The number of rotatable bonds is 16. The van der Waals surface area contributed by atoms with Crippen LogP contribution in [0, 0.1) is 5.92 Å². The highest BCUT2D eigenvalue weighted by Crippen LogP contribution is 2.31. The summed E-state index contributed by atoms with van der Waals surface area (Å²) in [5.41, 5.74) is 3.47. The number of aliphatic hydroxyl groups excluding tert-OH is 1. The number of fused-ring (bicyclic) bond motifs is 4. The zero-order chi connectivity index (χ0) is 37.3. The van der Waals surface area contributed by atoms with Gasteiger partial charge in [-0.3, -0.25) is 9.69 Å². The number of piperidine rings is 3. The number of phenolic OH excluding ortho intramolecular Hbond substituents is 1. The first kappa shape index (κ1) is 37.0. The molecule has 3 atom stereocenters. The zero-order valence-corrected chi connectivity index (χ0v) is 30.3. The van der Waals surface area contributed by atoms with E-state index in [1.807, 2.05) is 78.9 Å². The Bertz CT molecular complexity index is 2060. The number of H-pyrrole nitrogens is 1. The Morgan fingerprint density at radius 3 is 2.44 bits per heavy atom. The van der Waals surface area contributed by atoms with E-state index in [4.69, 9.17) is 14.2 Å². The van der Waals surface area contributed by atoms with Crippen LogP contribution in [-0.2, 0) is 11.3 Å². The molecular weight excluding hydrogens is 684 g/mol. The van der Waals surface area contributed by atoms with Crippen molar-refractivity contribution in [2.75, 3.05) is 39.3 Å². The average molecular weight is 733 g/mol. The molecule has 0 saturated carbocycles. The monoisotopic (exact) mass is 732 g/mol. The first-order valence-electron chi connectivity index (χ1n) is 18.8. The van der Waals surface area contributed by atoms with Gasteiger partial charge in [-0.1, -0.05) is 60.7 Å². The average Bonchev–Trinajstić information content (AvgIpc) is 3.20. The molecule has 3 aliphatic heterocycles. The van der Waals surface area contributed by atoms with Crippen LogP contribution < -0.4 is 25.7 Å². The molecule has 4 heterocycles. The first-order chi connectivity index (χ1) is 26.4. The molecule has 8 rings (SSSR count). The second-order valence-electron chi connectivity index (χ2n) is 14.1.